The fourth-order valence-corrected chi connectivity index (χ4v) is 2.22. The van der Waals surface area contributed by atoms with Gasteiger partial charge in [0.05, 0.1) is 0 Å². The first kappa shape index (κ1) is 16.5. The van der Waals surface area contributed by atoms with Crippen LogP contribution < -0.4 is 0 Å². The summed E-state index contributed by atoms with van der Waals surface area (Å²) in [4.78, 5) is 12.6. The van der Waals surface area contributed by atoms with Crippen molar-refractivity contribution >= 4 is 17.7 Å². The molecule has 0 fully saturated rings. The minimum atomic E-state index is -0.608. The summed E-state index contributed by atoms with van der Waals surface area (Å²) in [6, 6.07) is 15.2. The molecule has 3 aromatic rings. The van der Waals surface area contributed by atoms with E-state index in [1.807, 2.05) is 30.3 Å². The molecule has 126 valence electrons. The molecule has 0 aliphatic heterocycles. The van der Waals surface area contributed by atoms with E-state index in [2.05, 4.69) is 15.5 Å². The first-order valence-corrected chi connectivity index (χ1v) is 7.57. The normalized spacial score (nSPS) is 11.4. The molecule has 0 saturated heterocycles. The summed E-state index contributed by atoms with van der Waals surface area (Å²) in [5.74, 6) is -0.543. The van der Waals surface area contributed by atoms with Crippen molar-refractivity contribution < 1.29 is 13.9 Å². The van der Waals surface area contributed by atoms with Gasteiger partial charge in [-0.2, -0.15) is 4.68 Å². The van der Waals surface area contributed by atoms with E-state index in [0.717, 1.165) is 5.56 Å². The van der Waals surface area contributed by atoms with Gasteiger partial charge in [-0.25, -0.2) is 9.18 Å². The fraction of sp³-hybridized carbons (Fsp3) is 0.111. The Morgan fingerprint density at radius 3 is 2.68 bits per heavy atom. The maximum Gasteiger partial charge on any atom is 0.357 e. The Morgan fingerprint density at radius 1 is 1.20 bits per heavy atom. The van der Waals surface area contributed by atoms with Crippen molar-refractivity contribution in [2.75, 3.05) is 0 Å². The van der Waals surface area contributed by atoms with Crippen molar-refractivity contribution in [2.45, 2.75) is 13.5 Å². The van der Waals surface area contributed by atoms with Gasteiger partial charge in [0.1, 0.15) is 12.4 Å². The van der Waals surface area contributed by atoms with Gasteiger partial charge in [-0.3, -0.25) is 0 Å². The van der Waals surface area contributed by atoms with Gasteiger partial charge < -0.3 is 4.74 Å². The number of ether oxygens (including phenoxy) is 1. The summed E-state index contributed by atoms with van der Waals surface area (Å²) in [5, 5.41) is 11.2. The zero-order valence-corrected chi connectivity index (χ0v) is 13.5. The van der Waals surface area contributed by atoms with Crippen LogP contribution in [0.4, 0.5) is 4.39 Å². The Bertz CT molecular complexity index is 906. The highest BCUT2D eigenvalue weighted by Crippen LogP contribution is 2.15. The number of aromatic nitrogens is 4. The largest absolute Gasteiger partial charge is 0.456 e. The number of nitrogens with zero attached hydrogens (tertiary/aromatic N) is 4. The van der Waals surface area contributed by atoms with Crippen LogP contribution in [0.1, 0.15) is 17.0 Å². The number of tetrazole rings is 1. The van der Waals surface area contributed by atoms with E-state index in [9.17, 15) is 9.18 Å². The van der Waals surface area contributed by atoms with Crippen LogP contribution in [-0.2, 0) is 16.1 Å². The quantitative estimate of drug-likeness (QED) is 0.528. The van der Waals surface area contributed by atoms with E-state index < -0.39 is 5.97 Å². The summed E-state index contributed by atoms with van der Waals surface area (Å²) in [7, 11) is 0. The van der Waals surface area contributed by atoms with Gasteiger partial charge in [-0.15, -0.1) is 5.10 Å². The molecule has 6 nitrogen and oxygen atoms in total. The average molecular weight is 338 g/mol. The number of aryl methyl sites for hydroxylation is 1. The predicted octanol–water partition coefficient (Wildman–Crippen LogP) is 2.86. The number of benzene rings is 2. The maximum absolute atomic E-state index is 13.2. The SMILES string of the molecule is Cc1nnnn1/C(=C\c1ccccc1)C(=O)OCc1cccc(F)c1. The first-order valence-electron chi connectivity index (χ1n) is 7.57. The Morgan fingerprint density at radius 2 is 2.00 bits per heavy atom. The molecule has 0 unspecified atom stereocenters. The topological polar surface area (TPSA) is 69.9 Å². The molecular formula is C18H15FN4O2. The number of carbonyl (C=O) groups excluding carboxylic acids is 1. The van der Waals surface area contributed by atoms with Crippen LogP contribution >= 0.6 is 0 Å². The summed E-state index contributed by atoms with van der Waals surface area (Å²) >= 11 is 0. The molecule has 0 aliphatic carbocycles. The Balaban J connectivity index is 1.85. The van der Waals surface area contributed by atoms with Crippen molar-refractivity contribution in [2.24, 2.45) is 0 Å². The zero-order valence-electron chi connectivity index (χ0n) is 13.5. The molecule has 1 heterocycles. The van der Waals surface area contributed by atoms with E-state index in [1.54, 1.807) is 25.1 Å². The number of rotatable bonds is 5. The molecule has 25 heavy (non-hydrogen) atoms. The minimum absolute atomic E-state index is 0.0517. The van der Waals surface area contributed by atoms with Crippen LogP contribution in [0.2, 0.25) is 0 Å². The monoisotopic (exact) mass is 338 g/mol. The van der Waals surface area contributed by atoms with E-state index in [1.165, 1.54) is 16.8 Å². The Kier molecular flexibility index (Phi) is 4.94. The van der Waals surface area contributed by atoms with E-state index in [-0.39, 0.29) is 18.1 Å². The van der Waals surface area contributed by atoms with Gasteiger partial charge in [0.2, 0.25) is 0 Å². The molecule has 7 heteroatoms. The summed E-state index contributed by atoms with van der Waals surface area (Å²) in [5.41, 5.74) is 1.53. The van der Waals surface area contributed by atoms with Crippen molar-refractivity contribution in [1.29, 1.82) is 0 Å². The lowest BCUT2D eigenvalue weighted by Crippen LogP contribution is -2.15. The number of hydrogen-bond acceptors (Lipinski definition) is 5. The first-order chi connectivity index (χ1) is 12.1. The van der Waals surface area contributed by atoms with Crippen LogP contribution in [0.25, 0.3) is 11.8 Å². The van der Waals surface area contributed by atoms with Crippen LogP contribution in [0.5, 0.6) is 0 Å². The third-order valence-electron chi connectivity index (χ3n) is 3.42. The summed E-state index contributed by atoms with van der Waals surface area (Å²) < 4.78 is 19.8. The van der Waals surface area contributed by atoms with Crippen molar-refractivity contribution in [3.8, 4) is 0 Å². The third kappa shape index (κ3) is 4.14. The molecule has 0 radical (unpaired) electrons. The third-order valence-corrected chi connectivity index (χ3v) is 3.42. The smallest absolute Gasteiger partial charge is 0.357 e. The second-order valence-corrected chi connectivity index (χ2v) is 5.28. The lowest BCUT2D eigenvalue weighted by Gasteiger charge is -2.09. The van der Waals surface area contributed by atoms with Crippen molar-refractivity contribution in [3.63, 3.8) is 0 Å². The van der Waals surface area contributed by atoms with Gasteiger partial charge in [-0.05, 0) is 46.7 Å². The number of halogens is 1. The highest BCUT2D eigenvalue weighted by Gasteiger charge is 2.18. The molecule has 0 saturated carbocycles. The van der Waals surface area contributed by atoms with E-state index in [4.69, 9.17) is 4.74 Å². The standard InChI is InChI=1S/C18H15FN4O2/c1-13-20-21-22-23(13)17(11-14-6-3-2-4-7-14)18(24)25-12-15-8-5-9-16(19)10-15/h2-11H,12H2,1H3/b17-11-. The molecule has 2 aromatic carbocycles. The Labute approximate surface area is 143 Å². The molecule has 0 amide bonds. The number of esters is 1. The molecule has 0 aliphatic rings. The highest BCUT2D eigenvalue weighted by atomic mass is 19.1. The molecule has 1 aromatic heterocycles. The lowest BCUT2D eigenvalue weighted by molar-refractivity contribution is -0.138. The van der Waals surface area contributed by atoms with Crippen molar-refractivity contribution in [1.82, 2.24) is 20.2 Å². The van der Waals surface area contributed by atoms with E-state index in [0.29, 0.717) is 11.4 Å². The predicted molar refractivity (Wildman–Crippen MR) is 89.4 cm³/mol. The summed E-state index contributed by atoms with van der Waals surface area (Å²) in [6.07, 6.45) is 1.64. The van der Waals surface area contributed by atoms with Gasteiger partial charge in [-0.1, -0.05) is 42.5 Å². The van der Waals surface area contributed by atoms with Crippen LogP contribution in [0, 0.1) is 12.7 Å². The van der Waals surface area contributed by atoms with Crippen LogP contribution in [0.15, 0.2) is 54.6 Å². The zero-order chi connectivity index (χ0) is 17.6. The molecule has 0 N–H and O–H groups in total. The lowest BCUT2D eigenvalue weighted by atomic mass is 10.2. The summed E-state index contributed by atoms with van der Waals surface area (Å²) in [6.45, 7) is 1.63. The average Bonchev–Trinajstić information content (AvgIpc) is 3.04. The number of hydrogen-bond donors (Lipinski definition) is 0. The second kappa shape index (κ2) is 7.48. The van der Waals surface area contributed by atoms with Gasteiger partial charge in [0.25, 0.3) is 0 Å². The minimum Gasteiger partial charge on any atom is -0.456 e. The van der Waals surface area contributed by atoms with Crippen molar-refractivity contribution in [3.05, 3.63) is 77.4 Å². The van der Waals surface area contributed by atoms with Crippen LogP contribution in [0.3, 0.4) is 0 Å². The Hall–Kier alpha value is -3.35. The molecule has 3 rings (SSSR count). The molecule has 0 atom stereocenters. The number of carbonyl (C=O) groups is 1. The van der Waals surface area contributed by atoms with Gasteiger partial charge in [0.15, 0.2) is 11.5 Å². The second-order valence-electron chi connectivity index (χ2n) is 5.28. The molecule has 0 bridgehead atoms. The molecular weight excluding hydrogens is 323 g/mol. The van der Waals surface area contributed by atoms with Gasteiger partial charge >= 0.3 is 5.97 Å². The molecule has 0 spiro atoms. The van der Waals surface area contributed by atoms with Crippen LogP contribution in [-0.4, -0.2) is 26.2 Å². The fourth-order valence-electron chi connectivity index (χ4n) is 2.22. The highest BCUT2D eigenvalue weighted by molar-refractivity contribution is 6.15. The maximum atomic E-state index is 13.2. The van der Waals surface area contributed by atoms with E-state index >= 15 is 0 Å². The van der Waals surface area contributed by atoms with Gasteiger partial charge in [0, 0.05) is 0 Å².